The molecule has 0 aliphatic rings. The summed E-state index contributed by atoms with van der Waals surface area (Å²) in [5.41, 5.74) is 2.35. The molecule has 0 atom stereocenters. The molecule has 0 spiro atoms. The Morgan fingerprint density at radius 3 is 2.00 bits per heavy atom. The number of benzene rings is 2. The van der Waals surface area contributed by atoms with Gasteiger partial charge in [-0.1, -0.05) is 31.2 Å². The van der Waals surface area contributed by atoms with Gasteiger partial charge >= 0.3 is 0 Å². The van der Waals surface area contributed by atoms with Crippen molar-refractivity contribution in [3.63, 3.8) is 0 Å². The zero-order chi connectivity index (χ0) is 14.6. The van der Waals surface area contributed by atoms with Crippen LogP contribution in [-0.4, -0.2) is 8.42 Å². The van der Waals surface area contributed by atoms with E-state index in [0.717, 1.165) is 12.0 Å². The second kappa shape index (κ2) is 6.07. The van der Waals surface area contributed by atoms with Crippen molar-refractivity contribution in [2.75, 3.05) is 0 Å². The topological polar surface area (TPSA) is 69.4 Å². The first-order chi connectivity index (χ1) is 9.49. The lowest BCUT2D eigenvalue weighted by atomic mass is 10.1. The molecule has 0 fully saturated rings. The van der Waals surface area contributed by atoms with Gasteiger partial charge in [-0.25, -0.2) is 13.6 Å². The maximum Gasteiger partial charge on any atom is 0.238 e. The van der Waals surface area contributed by atoms with E-state index in [9.17, 15) is 8.42 Å². The van der Waals surface area contributed by atoms with Crippen molar-refractivity contribution in [1.29, 1.82) is 0 Å². The van der Waals surface area contributed by atoms with Gasteiger partial charge in [-0.05, 0) is 41.8 Å². The molecule has 0 radical (unpaired) electrons. The van der Waals surface area contributed by atoms with E-state index in [4.69, 9.17) is 9.88 Å². The average Bonchev–Trinajstić information content (AvgIpc) is 2.45. The molecule has 0 saturated carbocycles. The van der Waals surface area contributed by atoms with Crippen LogP contribution in [0.5, 0.6) is 5.75 Å². The highest BCUT2D eigenvalue weighted by Crippen LogP contribution is 2.16. The van der Waals surface area contributed by atoms with Crippen molar-refractivity contribution in [2.45, 2.75) is 24.8 Å². The minimum absolute atomic E-state index is 0.0807. The summed E-state index contributed by atoms with van der Waals surface area (Å²) in [6.45, 7) is 2.55. The van der Waals surface area contributed by atoms with Crippen LogP contribution in [0.25, 0.3) is 0 Å². The first kappa shape index (κ1) is 14.6. The van der Waals surface area contributed by atoms with Gasteiger partial charge < -0.3 is 4.74 Å². The molecule has 2 N–H and O–H groups in total. The highest BCUT2D eigenvalue weighted by atomic mass is 32.2. The summed E-state index contributed by atoms with van der Waals surface area (Å²) in [5.74, 6) is 0.608. The van der Waals surface area contributed by atoms with E-state index in [0.29, 0.717) is 12.4 Å². The van der Waals surface area contributed by atoms with Crippen LogP contribution in [0, 0.1) is 0 Å². The molecular weight excluding hydrogens is 274 g/mol. The Morgan fingerprint density at radius 1 is 0.950 bits per heavy atom. The number of primary sulfonamides is 1. The Labute approximate surface area is 119 Å². The molecule has 5 heteroatoms. The van der Waals surface area contributed by atoms with Gasteiger partial charge in [0.1, 0.15) is 12.4 Å². The van der Waals surface area contributed by atoms with E-state index >= 15 is 0 Å². The first-order valence-electron chi connectivity index (χ1n) is 6.32. The number of aryl methyl sites for hydroxylation is 1. The van der Waals surface area contributed by atoms with Crippen molar-refractivity contribution < 1.29 is 13.2 Å². The predicted octanol–water partition coefficient (Wildman–Crippen LogP) is 2.48. The van der Waals surface area contributed by atoms with Crippen molar-refractivity contribution in [3.05, 3.63) is 59.7 Å². The van der Waals surface area contributed by atoms with E-state index in [2.05, 4.69) is 19.1 Å². The number of sulfonamides is 1. The van der Waals surface area contributed by atoms with Crippen molar-refractivity contribution in [1.82, 2.24) is 0 Å². The smallest absolute Gasteiger partial charge is 0.238 e. The second-order valence-corrected chi connectivity index (χ2v) is 6.04. The number of rotatable bonds is 5. The van der Waals surface area contributed by atoms with Crippen LogP contribution in [0.1, 0.15) is 18.1 Å². The largest absolute Gasteiger partial charge is 0.489 e. The third-order valence-corrected chi connectivity index (χ3v) is 3.92. The van der Waals surface area contributed by atoms with E-state index in [1.54, 1.807) is 12.1 Å². The van der Waals surface area contributed by atoms with Gasteiger partial charge in [0.2, 0.25) is 10.0 Å². The van der Waals surface area contributed by atoms with Gasteiger partial charge in [-0.2, -0.15) is 0 Å². The van der Waals surface area contributed by atoms with Crippen LogP contribution >= 0.6 is 0 Å². The maximum absolute atomic E-state index is 11.1. The number of ether oxygens (including phenoxy) is 1. The van der Waals surface area contributed by atoms with Crippen molar-refractivity contribution in [3.8, 4) is 5.75 Å². The Morgan fingerprint density at radius 2 is 1.50 bits per heavy atom. The SMILES string of the molecule is CCc1ccc(COc2ccc(S(N)(=O)=O)cc2)cc1. The Kier molecular flexibility index (Phi) is 4.42. The van der Waals surface area contributed by atoms with E-state index in [-0.39, 0.29) is 4.90 Å². The molecule has 2 aromatic rings. The molecule has 0 aliphatic heterocycles. The van der Waals surface area contributed by atoms with Gasteiger partial charge in [-0.3, -0.25) is 0 Å². The Hall–Kier alpha value is -1.85. The Bertz CT molecular complexity index is 661. The van der Waals surface area contributed by atoms with Gasteiger partial charge in [-0.15, -0.1) is 0 Å². The quantitative estimate of drug-likeness (QED) is 0.920. The summed E-state index contributed by atoms with van der Waals surface area (Å²) in [6, 6.07) is 14.3. The molecule has 0 bridgehead atoms. The van der Waals surface area contributed by atoms with E-state index in [1.165, 1.54) is 17.7 Å². The fraction of sp³-hybridized carbons (Fsp3) is 0.200. The summed E-state index contributed by atoms with van der Waals surface area (Å²) in [4.78, 5) is 0.0807. The molecule has 0 aromatic heterocycles. The lowest BCUT2D eigenvalue weighted by Crippen LogP contribution is -2.11. The summed E-state index contributed by atoms with van der Waals surface area (Å²) in [7, 11) is -3.65. The average molecular weight is 291 g/mol. The van der Waals surface area contributed by atoms with Crippen LogP contribution in [-0.2, 0) is 23.1 Å². The van der Waals surface area contributed by atoms with Gasteiger partial charge in [0.25, 0.3) is 0 Å². The summed E-state index contributed by atoms with van der Waals surface area (Å²) < 4.78 is 27.8. The van der Waals surface area contributed by atoms with E-state index in [1.807, 2.05) is 12.1 Å². The zero-order valence-electron chi connectivity index (χ0n) is 11.2. The highest BCUT2D eigenvalue weighted by molar-refractivity contribution is 7.89. The predicted molar refractivity (Wildman–Crippen MR) is 78.0 cm³/mol. The van der Waals surface area contributed by atoms with Gasteiger partial charge in [0.15, 0.2) is 0 Å². The molecular formula is C15H17NO3S. The molecule has 0 unspecified atom stereocenters. The lowest BCUT2D eigenvalue weighted by molar-refractivity contribution is 0.306. The lowest BCUT2D eigenvalue weighted by Gasteiger charge is -2.07. The standard InChI is InChI=1S/C15H17NO3S/c1-2-12-3-5-13(6-4-12)11-19-14-7-9-15(10-8-14)20(16,17)18/h3-10H,2,11H2,1H3,(H2,16,17,18). The number of hydrogen-bond donors (Lipinski definition) is 1. The molecule has 2 rings (SSSR count). The van der Waals surface area contributed by atoms with Crippen LogP contribution in [0.4, 0.5) is 0 Å². The molecule has 20 heavy (non-hydrogen) atoms. The third kappa shape index (κ3) is 3.82. The molecule has 2 aromatic carbocycles. The fourth-order valence-electron chi connectivity index (χ4n) is 1.76. The summed E-state index contributed by atoms with van der Waals surface area (Å²) in [6.07, 6.45) is 1.01. The van der Waals surface area contributed by atoms with Crippen molar-refractivity contribution in [2.24, 2.45) is 5.14 Å². The van der Waals surface area contributed by atoms with Crippen LogP contribution < -0.4 is 9.88 Å². The number of hydrogen-bond acceptors (Lipinski definition) is 3. The third-order valence-electron chi connectivity index (χ3n) is 2.99. The minimum atomic E-state index is -3.65. The molecule has 0 amide bonds. The molecule has 0 aliphatic carbocycles. The zero-order valence-corrected chi connectivity index (χ0v) is 12.1. The molecule has 106 valence electrons. The van der Waals surface area contributed by atoms with Crippen LogP contribution in [0.2, 0.25) is 0 Å². The maximum atomic E-state index is 11.1. The van der Waals surface area contributed by atoms with Crippen LogP contribution in [0.15, 0.2) is 53.4 Å². The monoisotopic (exact) mass is 291 g/mol. The first-order valence-corrected chi connectivity index (χ1v) is 7.87. The molecule has 4 nitrogen and oxygen atoms in total. The van der Waals surface area contributed by atoms with E-state index < -0.39 is 10.0 Å². The van der Waals surface area contributed by atoms with Gasteiger partial charge in [0.05, 0.1) is 4.90 Å². The normalized spacial score (nSPS) is 11.3. The highest BCUT2D eigenvalue weighted by Gasteiger charge is 2.06. The molecule has 0 heterocycles. The van der Waals surface area contributed by atoms with Crippen LogP contribution in [0.3, 0.4) is 0 Å². The minimum Gasteiger partial charge on any atom is -0.489 e. The molecule has 0 saturated heterocycles. The summed E-state index contributed by atoms with van der Waals surface area (Å²) in [5, 5.41) is 5.03. The number of nitrogens with two attached hydrogens (primary N) is 1. The second-order valence-electron chi connectivity index (χ2n) is 4.48. The van der Waals surface area contributed by atoms with Gasteiger partial charge in [0, 0.05) is 0 Å². The Balaban J connectivity index is 2.00. The fourth-order valence-corrected chi connectivity index (χ4v) is 2.28. The summed E-state index contributed by atoms with van der Waals surface area (Å²) >= 11 is 0. The van der Waals surface area contributed by atoms with Crippen molar-refractivity contribution >= 4 is 10.0 Å².